The summed E-state index contributed by atoms with van der Waals surface area (Å²) in [6.07, 6.45) is 0. The Morgan fingerprint density at radius 3 is 2.48 bits per heavy atom. The summed E-state index contributed by atoms with van der Waals surface area (Å²) in [6, 6.07) is 10.1. The van der Waals surface area contributed by atoms with E-state index in [4.69, 9.17) is 20.8 Å². The normalized spacial score (nSPS) is 10.4. The SMILES string of the molecule is COc1cccc2cc(C(=O)NNC(=O)c3cc(Cl)ccc3O)c(=O)oc12. The molecule has 27 heavy (non-hydrogen) atoms. The molecular weight excluding hydrogens is 376 g/mol. The molecule has 1 heterocycles. The van der Waals surface area contributed by atoms with Crippen molar-refractivity contribution in [2.45, 2.75) is 0 Å². The third-order valence-corrected chi connectivity index (χ3v) is 3.92. The van der Waals surface area contributed by atoms with Gasteiger partial charge in [0.1, 0.15) is 11.3 Å². The average molecular weight is 389 g/mol. The van der Waals surface area contributed by atoms with Crippen molar-refractivity contribution in [2.24, 2.45) is 0 Å². The van der Waals surface area contributed by atoms with Crippen LogP contribution in [0.4, 0.5) is 0 Å². The van der Waals surface area contributed by atoms with Gasteiger partial charge in [-0.25, -0.2) is 4.79 Å². The zero-order valence-corrected chi connectivity index (χ0v) is 14.7. The number of para-hydroxylation sites is 1. The lowest BCUT2D eigenvalue weighted by Crippen LogP contribution is -2.43. The fourth-order valence-corrected chi connectivity index (χ4v) is 2.55. The number of methoxy groups -OCH3 is 1. The van der Waals surface area contributed by atoms with Crippen LogP contribution in [-0.2, 0) is 0 Å². The predicted molar refractivity (Wildman–Crippen MR) is 97.1 cm³/mol. The lowest BCUT2D eigenvalue weighted by Gasteiger charge is -2.09. The molecule has 0 aliphatic carbocycles. The highest BCUT2D eigenvalue weighted by atomic mass is 35.5. The highest BCUT2D eigenvalue weighted by molar-refractivity contribution is 6.31. The number of amides is 2. The second-order valence-electron chi connectivity index (χ2n) is 5.40. The molecule has 0 atom stereocenters. The molecule has 2 amide bonds. The highest BCUT2D eigenvalue weighted by Gasteiger charge is 2.17. The van der Waals surface area contributed by atoms with Crippen molar-refractivity contribution in [1.82, 2.24) is 10.9 Å². The number of carbonyl (C=O) groups is 2. The summed E-state index contributed by atoms with van der Waals surface area (Å²) >= 11 is 5.78. The third kappa shape index (κ3) is 3.70. The van der Waals surface area contributed by atoms with Gasteiger partial charge in [0.05, 0.1) is 12.7 Å². The van der Waals surface area contributed by atoms with Crippen LogP contribution in [0, 0.1) is 0 Å². The second kappa shape index (κ2) is 7.38. The van der Waals surface area contributed by atoms with Crippen molar-refractivity contribution in [3.63, 3.8) is 0 Å². The number of aromatic hydroxyl groups is 1. The van der Waals surface area contributed by atoms with E-state index in [9.17, 15) is 19.5 Å². The minimum atomic E-state index is -0.899. The number of nitrogens with one attached hydrogen (secondary N) is 2. The van der Waals surface area contributed by atoms with Gasteiger partial charge in [0.15, 0.2) is 11.3 Å². The fourth-order valence-electron chi connectivity index (χ4n) is 2.38. The van der Waals surface area contributed by atoms with E-state index >= 15 is 0 Å². The van der Waals surface area contributed by atoms with Crippen molar-refractivity contribution in [3.8, 4) is 11.5 Å². The summed E-state index contributed by atoms with van der Waals surface area (Å²) in [4.78, 5) is 36.4. The molecular formula is C18H13ClN2O6. The Hall–Kier alpha value is -3.52. The first kappa shape index (κ1) is 18.3. The second-order valence-corrected chi connectivity index (χ2v) is 5.83. The van der Waals surface area contributed by atoms with E-state index in [1.807, 2.05) is 0 Å². The molecule has 0 radical (unpaired) electrons. The summed E-state index contributed by atoms with van der Waals surface area (Å²) in [5, 5.41) is 10.4. The van der Waals surface area contributed by atoms with E-state index in [1.165, 1.54) is 31.4 Å². The summed E-state index contributed by atoms with van der Waals surface area (Å²) in [6.45, 7) is 0. The monoisotopic (exact) mass is 388 g/mol. The van der Waals surface area contributed by atoms with Crippen LogP contribution < -0.4 is 21.2 Å². The summed E-state index contributed by atoms with van der Waals surface area (Å²) in [5.41, 5.74) is 3.05. The Bertz CT molecular complexity index is 1110. The fraction of sp³-hybridized carbons (Fsp3) is 0.0556. The quantitative estimate of drug-likeness (QED) is 0.468. The van der Waals surface area contributed by atoms with Crippen LogP contribution in [-0.4, -0.2) is 24.0 Å². The minimum Gasteiger partial charge on any atom is -0.507 e. The maximum absolute atomic E-state index is 12.2. The topological polar surface area (TPSA) is 118 Å². The Kier molecular flexibility index (Phi) is 5.00. The number of fused-ring (bicyclic) bond motifs is 1. The Labute approximate surface area is 157 Å². The molecule has 0 fully saturated rings. The zero-order chi connectivity index (χ0) is 19.6. The van der Waals surface area contributed by atoms with Gasteiger partial charge in [0, 0.05) is 10.4 Å². The van der Waals surface area contributed by atoms with Gasteiger partial charge in [-0.3, -0.25) is 20.4 Å². The molecule has 8 nitrogen and oxygen atoms in total. The molecule has 3 rings (SSSR count). The van der Waals surface area contributed by atoms with E-state index in [-0.39, 0.29) is 27.5 Å². The number of hydrazine groups is 1. The summed E-state index contributed by atoms with van der Waals surface area (Å²) in [5.74, 6) is -1.66. The number of ether oxygens (including phenoxy) is 1. The van der Waals surface area contributed by atoms with Gasteiger partial charge in [-0.1, -0.05) is 23.7 Å². The van der Waals surface area contributed by atoms with Crippen molar-refractivity contribution in [3.05, 3.63) is 69.0 Å². The zero-order valence-electron chi connectivity index (χ0n) is 13.9. The first-order valence-corrected chi connectivity index (χ1v) is 7.98. The largest absolute Gasteiger partial charge is 0.507 e. The van der Waals surface area contributed by atoms with Gasteiger partial charge >= 0.3 is 5.63 Å². The molecule has 0 bridgehead atoms. The molecule has 0 unspecified atom stereocenters. The molecule has 2 aromatic carbocycles. The molecule has 9 heteroatoms. The molecule has 0 saturated heterocycles. The molecule has 0 aliphatic heterocycles. The third-order valence-electron chi connectivity index (χ3n) is 3.68. The van der Waals surface area contributed by atoms with Crippen molar-refractivity contribution in [2.75, 3.05) is 7.11 Å². The first-order valence-electron chi connectivity index (χ1n) is 7.60. The average Bonchev–Trinajstić information content (AvgIpc) is 2.66. The number of phenolic OH excluding ortho intramolecular Hbond substituents is 1. The molecule has 1 aromatic heterocycles. The van der Waals surface area contributed by atoms with E-state index in [0.29, 0.717) is 11.1 Å². The van der Waals surface area contributed by atoms with Gasteiger partial charge in [0.25, 0.3) is 11.8 Å². The number of carbonyl (C=O) groups excluding carboxylic acids is 2. The molecule has 3 aromatic rings. The number of hydrogen-bond acceptors (Lipinski definition) is 6. The Morgan fingerprint density at radius 1 is 1.07 bits per heavy atom. The van der Waals surface area contributed by atoms with E-state index in [1.54, 1.807) is 18.2 Å². The van der Waals surface area contributed by atoms with Crippen LogP contribution >= 0.6 is 11.6 Å². The number of halogens is 1. The number of hydrogen-bond donors (Lipinski definition) is 3. The van der Waals surface area contributed by atoms with Gasteiger partial charge in [-0.05, 0) is 30.3 Å². The van der Waals surface area contributed by atoms with Gasteiger partial charge in [-0.15, -0.1) is 0 Å². The maximum Gasteiger partial charge on any atom is 0.349 e. The first-order chi connectivity index (χ1) is 12.9. The lowest BCUT2D eigenvalue weighted by atomic mass is 10.1. The van der Waals surface area contributed by atoms with Crippen LogP contribution in [0.1, 0.15) is 20.7 Å². The van der Waals surface area contributed by atoms with E-state index < -0.39 is 17.4 Å². The number of rotatable bonds is 3. The summed E-state index contributed by atoms with van der Waals surface area (Å²) in [7, 11) is 1.43. The van der Waals surface area contributed by atoms with Crippen LogP contribution in [0.2, 0.25) is 5.02 Å². The van der Waals surface area contributed by atoms with Crippen LogP contribution in [0.15, 0.2) is 51.7 Å². The van der Waals surface area contributed by atoms with E-state index in [0.717, 1.165) is 0 Å². The molecule has 3 N–H and O–H groups in total. The standard InChI is InChI=1S/C18H13ClN2O6/c1-26-14-4-2-3-9-7-12(18(25)27-15(9)14)17(24)21-20-16(23)11-8-10(19)5-6-13(11)22/h2-8,22H,1H3,(H,20,23)(H,21,24). The van der Waals surface area contributed by atoms with Crippen LogP contribution in [0.25, 0.3) is 11.0 Å². The smallest absolute Gasteiger partial charge is 0.349 e. The Balaban J connectivity index is 1.82. The van der Waals surface area contributed by atoms with Crippen molar-refractivity contribution < 1.29 is 23.8 Å². The van der Waals surface area contributed by atoms with Gasteiger partial charge in [0.2, 0.25) is 0 Å². The molecule has 138 valence electrons. The maximum atomic E-state index is 12.2. The minimum absolute atomic E-state index is 0.141. The van der Waals surface area contributed by atoms with Gasteiger partial charge < -0.3 is 14.3 Å². The van der Waals surface area contributed by atoms with Crippen LogP contribution in [0.3, 0.4) is 0 Å². The van der Waals surface area contributed by atoms with Crippen molar-refractivity contribution >= 4 is 34.4 Å². The molecule has 0 spiro atoms. The molecule has 0 aliphatic rings. The lowest BCUT2D eigenvalue weighted by molar-refractivity contribution is 0.0843. The summed E-state index contributed by atoms with van der Waals surface area (Å²) < 4.78 is 10.3. The predicted octanol–water partition coefficient (Wildman–Crippen LogP) is 2.24. The van der Waals surface area contributed by atoms with E-state index in [2.05, 4.69) is 10.9 Å². The number of benzene rings is 2. The number of phenols is 1. The highest BCUT2D eigenvalue weighted by Crippen LogP contribution is 2.24. The van der Waals surface area contributed by atoms with Crippen molar-refractivity contribution in [1.29, 1.82) is 0 Å². The van der Waals surface area contributed by atoms with Crippen LogP contribution in [0.5, 0.6) is 11.5 Å². The molecule has 0 saturated carbocycles. The Morgan fingerprint density at radius 2 is 1.78 bits per heavy atom. The van der Waals surface area contributed by atoms with Gasteiger partial charge in [-0.2, -0.15) is 0 Å².